The van der Waals surface area contributed by atoms with E-state index in [9.17, 15) is 9.59 Å². The second-order valence-corrected chi connectivity index (χ2v) is 5.62. The van der Waals surface area contributed by atoms with Gasteiger partial charge >= 0.3 is 5.97 Å². The fourth-order valence-corrected chi connectivity index (χ4v) is 2.52. The molecule has 0 aliphatic rings. The number of hydrogen-bond acceptors (Lipinski definition) is 7. The number of carbonyl (C=O) groups is 2. The van der Waals surface area contributed by atoms with Crippen molar-refractivity contribution in [2.24, 2.45) is 0 Å². The van der Waals surface area contributed by atoms with Gasteiger partial charge in [0.25, 0.3) is 0 Å². The van der Waals surface area contributed by atoms with Gasteiger partial charge in [0, 0.05) is 12.5 Å². The highest BCUT2D eigenvalue weighted by Gasteiger charge is 2.16. The molecule has 2 aromatic rings. The molecule has 7 nitrogen and oxygen atoms in total. The number of carbonyl (C=O) groups excluding carboxylic acids is 2. The quantitative estimate of drug-likeness (QED) is 0.297. The van der Waals surface area contributed by atoms with E-state index in [0.717, 1.165) is 0 Å². The lowest BCUT2D eigenvalue weighted by atomic mass is 10.1. The minimum atomic E-state index is -0.465. The zero-order valence-electron chi connectivity index (χ0n) is 16.4. The number of ether oxygens (including phenoxy) is 5. The van der Waals surface area contributed by atoms with Crippen LogP contribution in [0.2, 0.25) is 0 Å². The van der Waals surface area contributed by atoms with Gasteiger partial charge in [0.15, 0.2) is 28.8 Å². The first kappa shape index (κ1) is 20.8. The van der Waals surface area contributed by atoms with Crippen molar-refractivity contribution in [3.8, 4) is 28.7 Å². The monoisotopic (exact) mass is 386 g/mol. The summed E-state index contributed by atoms with van der Waals surface area (Å²) in [5.41, 5.74) is 1.04. The predicted molar refractivity (Wildman–Crippen MR) is 104 cm³/mol. The molecule has 28 heavy (non-hydrogen) atoms. The first-order chi connectivity index (χ1) is 13.4. The Morgan fingerprint density at radius 3 is 1.89 bits per heavy atom. The van der Waals surface area contributed by atoms with Gasteiger partial charge in [0.2, 0.25) is 5.75 Å². The van der Waals surface area contributed by atoms with Crippen molar-refractivity contribution in [3.05, 3.63) is 47.5 Å². The van der Waals surface area contributed by atoms with Crippen molar-refractivity contribution in [1.82, 2.24) is 0 Å². The van der Waals surface area contributed by atoms with Crippen LogP contribution in [0.15, 0.2) is 36.4 Å². The SMILES string of the molecule is COc1ccc(/C=C/C(=O)c2cc(OC)c(OC)c(OC)c2)cc1OC(C)=O. The topological polar surface area (TPSA) is 80.3 Å². The van der Waals surface area contributed by atoms with Crippen LogP contribution in [0.5, 0.6) is 28.7 Å². The maximum atomic E-state index is 12.6. The van der Waals surface area contributed by atoms with Gasteiger partial charge in [-0.3, -0.25) is 9.59 Å². The fourth-order valence-electron chi connectivity index (χ4n) is 2.52. The summed E-state index contributed by atoms with van der Waals surface area (Å²) in [7, 11) is 5.93. The Labute approximate surface area is 163 Å². The van der Waals surface area contributed by atoms with Crippen molar-refractivity contribution in [3.63, 3.8) is 0 Å². The molecule has 0 aliphatic heterocycles. The normalized spacial score (nSPS) is 10.5. The van der Waals surface area contributed by atoms with Crippen LogP contribution in [0.25, 0.3) is 6.08 Å². The van der Waals surface area contributed by atoms with Crippen molar-refractivity contribution >= 4 is 17.8 Å². The van der Waals surface area contributed by atoms with Crippen LogP contribution in [0.1, 0.15) is 22.8 Å². The molecule has 2 rings (SSSR count). The van der Waals surface area contributed by atoms with Gasteiger partial charge in [-0.25, -0.2) is 0 Å². The average Bonchev–Trinajstić information content (AvgIpc) is 2.70. The van der Waals surface area contributed by atoms with Crippen molar-refractivity contribution in [2.45, 2.75) is 6.92 Å². The highest BCUT2D eigenvalue weighted by Crippen LogP contribution is 2.38. The average molecular weight is 386 g/mol. The summed E-state index contributed by atoms with van der Waals surface area (Å²) in [5.74, 6) is 1.16. The number of benzene rings is 2. The van der Waals surface area contributed by atoms with Gasteiger partial charge < -0.3 is 23.7 Å². The third-order valence-electron chi connectivity index (χ3n) is 3.82. The van der Waals surface area contributed by atoms with Crippen LogP contribution in [-0.2, 0) is 4.79 Å². The standard InChI is InChI=1S/C21H22O7/c1-13(22)28-18-10-14(7-9-17(18)24-2)6-8-16(23)15-11-19(25-3)21(27-5)20(12-15)26-4/h6-12H,1-5H3/b8-6+. The van der Waals surface area contributed by atoms with Crippen LogP contribution in [-0.4, -0.2) is 40.2 Å². The van der Waals surface area contributed by atoms with E-state index in [-0.39, 0.29) is 11.5 Å². The summed E-state index contributed by atoms with van der Waals surface area (Å²) < 4.78 is 26.1. The predicted octanol–water partition coefficient (Wildman–Crippen LogP) is 3.54. The summed E-state index contributed by atoms with van der Waals surface area (Å²) in [6.07, 6.45) is 3.01. The maximum Gasteiger partial charge on any atom is 0.308 e. The van der Waals surface area contributed by atoms with E-state index in [1.165, 1.54) is 41.4 Å². The fraction of sp³-hybridized carbons (Fsp3) is 0.238. The summed E-state index contributed by atoms with van der Waals surface area (Å²) in [6, 6.07) is 8.16. The Balaban J connectivity index is 2.32. The van der Waals surface area contributed by atoms with Crippen molar-refractivity contribution in [1.29, 1.82) is 0 Å². The lowest BCUT2D eigenvalue weighted by Crippen LogP contribution is -2.03. The van der Waals surface area contributed by atoms with Crippen LogP contribution >= 0.6 is 0 Å². The van der Waals surface area contributed by atoms with E-state index >= 15 is 0 Å². The molecule has 0 saturated heterocycles. The molecule has 0 spiro atoms. The molecule has 0 fully saturated rings. The Kier molecular flexibility index (Phi) is 7.03. The molecule has 0 atom stereocenters. The Morgan fingerprint density at radius 1 is 0.786 bits per heavy atom. The molecule has 148 valence electrons. The van der Waals surface area contributed by atoms with E-state index in [2.05, 4.69) is 0 Å². The zero-order valence-corrected chi connectivity index (χ0v) is 16.4. The smallest absolute Gasteiger partial charge is 0.308 e. The maximum absolute atomic E-state index is 12.6. The van der Waals surface area contributed by atoms with Crippen molar-refractivity contribution in [2.75, 3.05) is 28.4 Å². The lowest BCUT2D eigenvalue weighted by Gasteiger charge is -2.13. The Morgan fingerprint density at radius 2 is 1.39 bits per heavy atom. The molecule has 0 N–H and O–H groups in total. The van der Waals surface area contributed by atoms with E-state index in [1.54, 1.807) is 36.4 Å². The highest BCUT2D eigenvalue weighted by molar-refractivity contribution is 6.07. The number of methoxy groups -OCH3 is 4. The van der Waals surface area contributed by atoms with Gasteiger partial charge in [0.1, 0.15) is 0 Å². The largest absolute Gasteiger partial charge is 0.493 e. The van der Waals surface area contributed by atoms with Crippen LogP contribution in [0.4, 0.5) is 0 Å². The first-order valence-electron chi connectivity index (χ1n) is 8.32. The summed E-state index contributed by atoms with van der Waals surface area (Å²) >= 11 is 0. The number of hydrogen-bond donors (Lipinski definition) is 0. The van der Waals surface area contributed by atoms with Gasteiger partial charge in [-0.05, 0) is 35.9 Å². The molecule has 0 aliphatic carbocycles. The highest BCUT2D eigenvalue weighted by atomic mass is 16.6. The van der Waals surface area contributed by atoms with Crippen molar-refractivity contribution < 1.29 is 33.3 Å². The van der Waals surface area contributed by atoms with Gasteiger partial charge in [-0.15, -0.1) is 0 Å². The number of esters is 1. The minimum Gasteiger partial charge on any atom is -0.493 e. The molecular weight excluding hydrogens is 364 g/mol. The minimum absolute atomic E-state index is 0.260. The van der Waals surface area contributed by atoms with E-state index in [4.69, 9.17) is 23.7 Å². The molecule has 0 unspecified atom stereocenters. The zero-order chi connectivity index (χ0) is 20.7. The summed E-state index contributed by atoms with van der Waals surface area (Å²) in [5, 5.41) is 0. The van der Waals surface area contributed by atoms with E-state index < -0.39 is 5.97 Å². The number of allylic oxidation sites excluding steroid dienone is 1. The number of rotatable bonds is 8. The third-order valence-corrected chi connectivity index (χ3v) is 3.82. The van der Waals surface area contributed by atoms with Gasteiger partial charge in [0.05, 0.1) is 28.4 Å². The molecule has 0 amide bonds. The first-order valence-corrected chi connectivity index (χ1v) is 8.32. The molecule has 0 saturated carbocycles. The van der Waals surface area contributed by atoms with Crippen LogP contribution in [0, 0.1) is 0 Å². The summed E-state index contributed by atoms with van der Waals surface area (Å²) in [4.78, 5) is 23.8. The molecule has 2 aromatic carbocycles. The van der Waals surface area contributed by atoms with Crippen LogP contribution in [0.3, 0.4) is 0 Å². The Hall–Kier alpha value is -3.48. The summed E-state index contributed by atoms with van der Waals surface area (Å²) in [6.45, 7) is 1.30. The second kappa shape index (κ2) is 9.45. The molecule has 0 bridgehead atoms. The molecule has 0 radical (unpaired) electrons. The van der Waals surface area contributed by atoms with Gasteiger partial charge in [-0.1, -0.05) is 12.1 Å². The molecular formula is C21H22O7. The molecule has 7 heteroatoms. The molecule has 0 heterocycles. The van der Waals surface area contributed by atoms with Gasteiger partial charge in [-0.2, -0.15) is 0 Å². The molecule has 0 aromatic heterocycles. The third kappa shape index (κ3) is 4.82. The van der Waals surface area contributed by atoms with E-state index in [1.807, 2.05) is 0 Å². The number of ketones is 1. The van der Waals surface area contributed by atoms with Crippen LogP contribution < -0.4 is 23.7 Å². The second-order valence-electron chi connectivity index (χ2n) is 5.62. The Bertz CT molecular complexity index is 875. The lowest BCUT2D eigenvalue weighted by molar-refractivity contribution is -0.132. The van der Waals surface area contributed by atoms with E-state index in [0.29, 0.717) is 34.1 Å².